The van der Waals surface area contributed by atoms with Crippen LogP contribution in [0, 0.1) is 12.8 Å². The molecule has 1 N–H and O–H groups in total. The summed E-state index contributed by atoms with van der Waals surface area (Å²) in [6.07, 6.45) is 2.77. The summed E-state index contributed by atoms with van der Waals surface area (Å²) in [5.41, 5.74) is 4.31. The summed E-state index contributed by atoms with van der Waals surface area (Å²) in [4.78, 5) is 17.3. The maximum Gasteiger partial charge on any atom is 0.219 e. The SMILES string of the molecule is CCc1ccc(Oc2ccc3cc(C)ccc3n2)cc1C1=C(O)C(CC)CCC1=O. The summed E-state index contributed by atoms with van der Waals surface area (Å²) < 4.78 is 6.04. The predicted molar refractivity (Wildman–Crippen MR) is 120 cm³/mol. The zero-order valence-electron chi connectivity index (χ0n) is 17.7. The fraction of sp³-hybridized carbons (Fsp3) is 0.308. The molecule has 154 valence electrons. The van der Waals surface area contributed by atoms with Crippen molar-refractivity contribution in [2.45, 2.75) is 46.5 Å². The molecule has 2 aromatic carbocycles. The standard InChI is InChI=1S/C26H27NO3/c1-4-17-7-10-20(15-21(17)25-23(28)12-8-18(5-2)26(25)29)30-24-13-9-19-14-16(3)6-11-22(19)27-24/h6-7,9-11,13-15,18,29H,4-5,8,12H2,1-3H3. The van der Waals surface area contributed by atoms with Crippen molar-refractivity contribution in [2.75, 3.05) is 0 Å². The molecule has 1 unspecified atom stereocenters. The minimum Gasteiger partial charge on any atom is -0.511 e. The maximum atomic E-state index is 12.7. The van der Waals surface area contributed by atoms with E-state index in [2.05, 4.69) is 24.9 Å². The Balaban J connectivity index is 1.73. The molecule has 0 radical (unpaired) electrons. The number of Topliss-reactive ketones (excluding diaryl/α,β-unsaturated/α-hetero) is 1. The van der Waals surface area contributed by atoms with Crippen LogP contribution in [0.3, 0.4) is 0 Å². The Bertz CT molecular complexity index is 1150. The molecule has 3 aromatic rings. The summed E-state index contributed by atoms with van der Waals surface area (Å²) in [5.74, 6) is 1.37. The molecule has 0 amide bonds. The lowest BCUT2D eigenvalue weighted by Gasteiger charge is -2.24. The van der Waals surface area contributed by atoms with E-state index in [0.717, 1.165) is 34.9 Å². The third-order valence-electron chi connectivity index (χ3n) is 5.91. The molecule has 4 nitrogen and oxygen atoms in total. The number of hydrogen-bond donors (Lipinski definition) is 1. The number of ketones is 1. The first kappa shape index (κ1) is 20.1. The lowest BCUT2D eigenvalue weighted by molar-refractivity contribution is -0.114. The molecule has 1 atom stereocenters. The number of carbonyl (C=O) groups excluding carboxylic acids is 1. The number of aliphatic hydroxyl groups excluding tert-OH is 1. The Morgan fingerprint density at radius 1 is 1.10 bits per heavy atom. The number of allylic oxidation sites excluding steroid dienone is 2. The molecule has 1 aliphatic carbocycles. The molecular formula is C26H27NO3. The van der Waals surface area contributed by atoms with Crippen molar-refractivity contribution in [1.82, 2.24) is 4.98 Å². The second-order valence-corrected chi connectivity index (χ2v) is 7.95. The van der Waals surface area contributed by atoms with E-state index in [0.29, 0.717) is 30.0 Å². The summed E-state index contributed by atoms with van der Waals surface area (Å²) in [6, 6.07) is 15.7. The van der Waals surface area contributed by atoms with E-state index in [9.17, 15) is 9.90 Å². The number of aryl methyl sites for hydroxylation is 2. The largest absolute Gasteiger partial charge is 0.511 e. The fourth-order valence-corrected chi connectivity index (χ4v) is 4.16. The zero-order valence-corrected chi connectivity index (χ0v) is 17.7. The number of nitrogens with zero attached hydrogens (tertiary/aromatic N) is 1. The Kier molecular flexibility index (Phi) is 5.58. The number of rotatable bonds is 5. The van der Waals surface area contributed by atoms with Crippen LogP contribution in [0.5, 0.6) is 11.6 Å². The van der Waals surface area contributed by atoms with Crippen LogP contribution in [0.2, 0.25) is 0 Å². The van der Waals surface area contributed by atoms with Gasteiger partial charge in [-0.2, -0.15) is 0 Å². The second-order valence-electron chi connectivity index (χ2n) is 7.95. The molecule has 30 heavy (non-hydrogen) atoms. The van der Waals surface area contributed by atoms with Crippen LogP contribution < -0.4 is 4.74 Å². The number of pyridine rings is 1. The van der Waals surface area contributed by atoms with Gasteiger partial charge in [0, 0.05) is 23.8 Å². The first-order valence-corrected chi connectivity index (χ1v) is 10.6. The van der Waals surface area contributed by atoms with Crippen LogP contribution in [0.15, 0.2) is 54.3 Å². The molecule has 0 saturated heterocycles. The molecule has 0 fully saturated rings. The van der Waals surface area contributed by atoms with Crippen LogP contribution in [0.4, 0.5) is 0 Å². The van der Waals surface area contributed by atoms with Gasteiger partial charge in [0.25, 0.3) is 0 Å². The summed E-state index contributed by atoms with van der Waals surface area (Å²) in [7, 11) is 0. The number of carbonyl (C=O) groups is 1. The Morgan fingerprint density at radius 3 is 2.70 bits per heavy atom. The summed E-state index contributed by atoms with van der Waals surface area (Å²) in [5, 5.41) is 11.9. The lowest BCUT2D eigenvalue weighted by Crippen LogP contribution is -2.19. The van der Waals surface area contributed by atoms with Crippen LogP contribution in [0.25, 0.3) is 16.5 Å². The van der Waals surface area contributed by atoms with Crippen molar-refractivity contribution in [1.29, 1.82) is 0 Å². The van der Waals surface area contributed by atoms with Crippen molar-refractivity contribution in [3.05, 3.63) is 71.0 Å². The second kappa shape index (κ2) is 8.31. The first-order valence-electron chi connectivity index (χ1n) is 10.6. The third-order valence-corrected chi connectivity index (χ3v) is 5.91. The Morgan fingerprint density at radius 2 is 1.93 bits per heavy atom. The molecule has 1 aromatic heterocycles. The number of ether oxygens (including phenoxy) is 1. The van der Waals surface area contributed by atoms with Gasteiger partial charge in [-0.3, -0.25) is 4.79 Å². The van der Waals surface area contributed by atoms with Gasteiger partial charge in [-0.1, -0.05) is 31.5 Å². The van der Waals surface area contributed by atoms with E-state index in [1.807, 2.05) is 49.4 Å². The minimum absolute atomic E-state index is 0.00301. The highest BCUT2D eigenvalue weighted by Gasteiger charge is 2.29. The van der Waals surface area contributed by atoms with Gasteiger partial charge >= 0.3 is 0 Å². The molecule has 1 heterocycles. The molecule has 0 aliphatic heterocycles. The molecule has 1 aliphatic rings. The third kappa shape index (κ3) is 3.82. The lowest BCUT2D eigenvalue weighted by atomic mass is 9.81. The Labute approximate surface area is 177 Å². The molecular weight excluding hydrogens is 374 g/mol. The number of aromatic nitrogens is 1. The van der Waals surface area contributed by atoms with E-state index in [4.69, 9.17) is 4.74 Å². The van der Waals surface area contributed by atoms with E-state index in [1.165, 1.54) is 5.56 Å². The Hall–Kier alpha value is -3.14. The smallest absolute Gasteiger partial charge is 0.219 e. The van der Waals surface area contributed by atoms with E-state index in [1.54, 1.807) is 0 Å². The molecule has 0 saturated carbocycles. The zero-order chi connectivity index (χ0) is 21.3. The highest BCUT2D eigenvalue weighted by Crippen LogP contribution is 2.37. The van der Waals surface area contributed by atoms with Gasteiger partial charge in [-0.25, -0.2) is 4.98 Å². The van der Waals surface area contributed by atoms with Crippen LogP contribution in [-0.4, -0.2) is 15.9 Å². The van der Waals surface area contributed by atoms with Crippen LogP contribution in [0.1, 0.15) is 49.8 Å². The molecule has 0 bridgehead atoms. The first-order chi connectivity index (χ1) is 14.5. The summed E-state index contributed by atoms with van der Waals surface area (Å²) >= 11 is 0. The van der Waals surface area contributed by atoms with Gasteiger partial charge in [0.15, 0.2) is 5.78 Å². The maximum absolute atomic E-state index is 12.7. The van der Waals surface area contributed by atoms with Crippen molar-refractivity contribution in [2.24, 2.45) is 5.92 Å². The fourth-order valence-electron chi connectivity index (χ4n) is 4.16. The van der Waals surface area contributed by atoms with Gasteiger partial charge in [-0.05, 0) is 67.6 Å². The van der Waals surface area contributed by atoms with E-state index in [-0.39, 0.29) is 17.5 Å². The highest BCUT2D eigenvalue weighted by atomic mass is 16.5. The van der Waals surface area contributed by atoms with Gasteiger partial charge in [0.1, 0.15) is 11.5 Å². The summed E-state index contributed by atoms with van der Waals surface area (Å²) in [6.45, 7) is 6.15. The average molecular weight is 402 g/mol. The van der Waals surface area contributed by atoms with Gasteiger partial charge < -0.3 is 9.84 Å². The van der Waals surface area contributed by atoms with Crippen LogP contribution in [-0.2, 0) is 11.2 Å². The quantitative estimate of drug-likeness (QED) is 0.526. The monoisotopic (exact) mass is 401 g/mol. The van der Waals surface area contributed by atoms with Crippen molar-refractivity contribution in [3.63, 3.8) is 0 Å². The average Bonchev–Trinajstić information content (AvgIpc) is 2.74. The van der Waals surface area contributed by atoms with Crippen molar-refractivity contribution < 1.29 is 14.6 Å². The number of benzene rings is 2. The van der Waals surface area contributed by atoms with Crippen molar-refractivity contribution >= 4 is 22.3 Å². The predicted octanol–water partition coefficient (Wildman–Crippen LogP) is 6.56. The highest BCUT2D eigenvalue weighted by molar-refractivity contribution is 6.22. The van der Waals surface area contributed by atoms with Gasteiger partial charge in [0.2, 0.25) is 5.88 Å². The number of aliphatic hydroxyl groups is 1. The normalized spacial score (nSPS) is 16.9. The topological polar surface area (TPSA) is 59.4 Å². The molecule has 4 heteroatoms. The van der Waals surface area contributed by atoms with Gasteiger partial charge in [0.05, 0.1) is 11.1 Å². The number of fused-ring (bicyclic) bond motifs is 1. The molecule has 0 spiro atoms. The minimum atomic E-state index is 0.00301. The van der Waals surface area contributed by atoms with E-state index >= 15 is 0 Å². The molecule has 4 rings (SSSR count). The van der Waals surface area contributed by atoms with E-state index < -0.39 is 0 Å². The van der Waals surface area contributed by atoms with Crippen LogP contribution >= 0.6 is 0 Å². The number of hydrogen-bond acceptors (Lipinski definition) is 4. The van der Waals surface area contributed by atoms with Gasteiger partial charge in [-0.15, -0.1) is 0 Å². The van der Waals surface area contributed by atoms with Crippen molar-refractivity contribution in [3.8, 4) is 11.6 Å².